The molecule has 1 aliphatic rings. The molecule has 0 saturated heterocycles. The van der Waals surface area contributed by atoms with Gasteiger partial charge in [-0.1, -0.05) is 38.3 Å². The number of ether oxygens (including phenoxy) is 1. The van der Waals surface area contributed by atoms with E-state index in [1.54, 1.807) is 0 Å². The highest BCUT2D eigenvalue weighted by Gasteiger charge is 2.39. The molecule has 0 heterocycles. The van der Waals surface area contributed by atoms with Gasteiger partial charge < -0.3 is 4.74 Å². The molecule has 0 N–H and O–H groups in total. The molecule has 1 fully saturated rings. The highest BCUT2D eigenvalue weighted by atomic mass is 79.9. The Bertz CT molecular complexity index is 197. The van der Waals surface area contributed by atoms with E-state index in [1.807, 2.05) is 0 Å². The molecule has 0 aliphatic heterocycles. The minimum absolute atomic E-state index is 0.142. The average molecular weight is 328 g/mol. The smallest absolute Gasteiger partial charge is 0.302 e. The molecule has 0 bridgehead atoms. The van der Waals surface area contributed by atoms with E-state index in [0.717, 1.165) is 11.8 Å². The van der Waals surface area contributed by atoms with Gasteiger partial charge in [0.25, 0.3) is 0 Å². The summed E-state index contributed by atoms with van der Waals surface area (Å²) in [6.45, 7) is 1.48. The molecular weight excluding hydrogens is 312 g/mol. The zero-order valence-corrected chi connectivity index (χ0v) is 11.5. The van der Waals surface area contributed by atoms with Crippen LogP contribution in [0.4, 0.5) is 0 Å². The third kappa shape index (κ3) is 4.78. The molecule has 82 valence electrons. The Morgan fingerprint density at radius 2 is 2.36 bits per heavy atom. The minimum Gasteiger partial charge on any atom is -0.462 e. The van der Waals surface area contributed by atoms with Gasteiger partial charge in [-0.15, -0.1) is 0 Å². The molecule has 1 aliphatic carbocycles. The summed E-state index contributed by atoms with van der Waals surface area (Å²) in [5.74, 6) is 0.491. The maximum absolute atomic E-state index is 10.6. The number of hydrogen-bond donors (Lipinski definition) is 0. The number of hydrogen-bond acceptors (Lipinski definition) is 2. The lowest BCUT2D eigenvalue weighted by Gasteiger charge is -2.04. The minimum atomic E-state index is -0.142. The monoisotopic (exact) mass is 326 g/mol. The van der Waals surface area contributed by atoms with Crippen LogP contribution in [-0.4, -0.2) is 22.2 Å². The second kappa shape index (κ2) is 6.11. The molecule has 0 radical (unpaired) electrons. The third-order valence-electron chi connectivity index (χ3n) is 2.43. The molecule has 1 saturated carbocycles. The number of alkyl halides is 2. The summed E-state index contributed by atoms with van der Waals surface area (Å²) in [7, 11) is 0. The maximum Gasteiger partial charge on any atom is 0.302 e. The van der Waals surface area contributed by atoms with Gasteiger partial charge in [0.2, 0.25) is 0 Å². The van der Waals surface area contributed by atoms with E-state index in [-0.39, 0.29) is 12.1 Å². The Morgan fingerprint density at radius 3 is 2.93 bits per heavy atom. The number of esters is 1. The molecule has 0 amide bonds. The fourth-order valence-corrected chi connectivity index (χ4v) is 2.21. The zero-order chi connectivity index (χ0) is 10.6. The van der Waals surface area contributed by atoms with Crippen LogP contribution >= 0.6 is 31.9 Å². The Labute approximate surface area is 102 Å². The Kier molecular flexibility index (Phi) is 5.45. The molecule has 14 heavy (non-hydrogen) atoms. The van der Waals surface area contributed by atoms with Gasteiger partial charge in [0.15, 0.2) is 0 Å². The molecule has 3 atom stereocenters. The van der Waals surface area contributed by atoms with Crippen LogP contribution in [0.25, 0.3) is 0 Å². The molecule has 4 heteroatoms. The fraction of sp³-hybridized carbons (Fsp3) is 0.900. The van der Waals surface area contributed by atoms with E-state index in [9.17, 15) is 4.79 Å². The summed E-state index contributed by atoms with van der Waals surface area (Å²) >= 11 is 7.00. The Hall–Kier alpha value is 0.430. The van der Waals surface area contributed by atoms with Gasteiger partial charge in [-0.05, 0) is 25.2 Å². The van der Waals surface area contributed by atoms with Crippen molar-refractivity contribution in [3.05, 3.63) is 0 Å². The van der Waals surface area contributed by atoms with Crippen molar-refractivity contribution in [2.75, 3.05) is 5.33 Å². The van der Waals surface area contributed by atoms with Crippen molar-refractivity contribution >= 4 is 37.8 Å². The van der Waals surface area contributed by atoms with Crippen molar-refractivity contribution in [1.82, 2.24) is 0 Å². The van der Waals surface area contributed by atoms with Crippen molar-refractivity contribution in [3.8, 4) is 0 Å². The van der Waals surface area contributed by atoms with Crippen LogP contribution < -0.4 is 0 Å². The predicted octanol–water partition coefficient (Wildman–Crippen LogP) is 3.27. The van der Waals surface area contributed by atoms with Gasteiger partial charge in [0.05, 0.1) is 0 Å². The number of carbonyl (C=O) groups excluding carboxylic acids is 1. The summed E-state index contributed by atoms with van der Waals surface area (Å²) in [6, 6.07) is 0. The molecule has 0 aromatic rings. The van der Waals surface area contributed by atoms with Gasteiger partial charge in [0.1, 0.15) is 6.10 Å². The van der Waals surface area contributed by atoms with E-state index in [4.69, 9.17) is 4.74 Å². The van der Waals surface area contributed by atoms with Crippen LogP contribution in [0.3, 0.4) is 0 Å². The average Bonchev–Trinajstić information content (AvgIpc) is 2.82. The molecule has 1 unspecified atom stereocenters. The zero-order valence-electron chi connectivity index (χ0n) is 8.34. The van der Waals surface area contributed by atoms with Crippen molar-refractivity contribution in [2.24, 2.45) is 5.92 Å². The molecule has 0 aromatic heterocycles. The van der Waals surface area contributed by atoms with E-state index in [2.05, 4.69) is 31.9 Å². The van der Waals surface area contributed by atoms with Gasteiger partial charge >= 0.3 is 5.97 Å². The normalized spacial score (nSPS) is 27.1. The third-order valence-corrected chi connectivity index (χ3v) is 4.87. The largest absolute Gasteiger partial charge is 0.462 e. The van der Waals surface area contributed by atoms with Crippen LogP contribution in [0.1, 0.15) is 32.6 Å². The summed E-state index contributed by atoms with van der Waals surface area (Å²) in [4.78, 5) is 11.2. The molecule has 0 aromatic carbocycles. The summed E-state index contributed by atoms with van der Waals surface area (Å²) in [5, 5.41) is 1.01. The predicted molar refractivity (Wildman–Crippen MR) is 64.0 cm³/mol. The fourth-order valence-electron chi connectivity index (χ4n) is 1.56. The SMILES string of the molecule is CC(=O)O[C@@H]1C[C@H]1CCCC(Br)CBr. The van der Waals surface area contributed by atoms with Crippen LogP contribution in [0.2, 0.25) is 0 Å². The maximum atomic E-state index is 10.6. The lowest BCUT2D eigenvalue weighted by atomic mass is 10.1. The van der Waals surface area contributed by atoms with E-state index in [0.29, 0.717) is 10.7 Å². The first-order valence-electron chi connectivity index (χ1n) is 5.00. The molecular formula is C10H16Br2O2. The first-order chi connectivity index (χ1) is 6.63. The summed E-state index contributed by atoms with van der Waals surface area (Å²) in [5.41, 5.74) is 0. The van der Waals surface area contributed by atoms with Crippen molar-refractivity contribution in [1.29, 1.82) is 0 Å². The highest BCUT2D eigenvalue weighted by molar-refractivity contribution is 9.12. The molecule has 0 spiro atoms. The van der Waals surface area contributed by atoms with E-state index < -0.39 is 0 Å². The lowest BCUT2D eigenvalue weighted by molar-refractivity contribution is -0.142. The van der Waals surface area contributed by atoms with Gasteiger partial charge in [-0.3, -0.25) is 4.79 Å². The number of rotatable bonds is 6. The van der Waals surface area contributed by atoms with Crippen LogP contribution in [0.5, 0.6) is 0 Å². The first-order valence-corrected chi connectivity index (χ1v) is 7.04. The topological polar surface area (TPSA) is 26.3 Å². The van der Waals surface area contributed by atoms with Crippen LogP contribution in [0, 0.1) is 5.92 Å². The summed E-state index contributed by atoms with van der Waals surface area (Å²) in [6.07, 6.45) is 4.89. The van der Waals surface area contributed by atoms with Gasteiger partial charge in [-0.25, -0.2) is 0 Å². The van der Waals surface area contributed by atoms with Crippen molar-refractivity contribution in [2.45, 2.75) is 43.5 Å². The van der Waals surface area contributed by atoms with Crippen molar-refractivity contribution < 1.29 is 9.53 Å². The first kappa shape index (κ1) is 12.5. The number of halogens is 2. The Balaban J connectivity index is 1.97. The quantitative estimate of drug-likeness (QED) is 0.553. The number of carbonyl (C=O) groups is 1. The lowest BCUT2D eigenvalue weighted by Crippen LogP contribution is -2.03. The summed E-state index contributed by atoms with van der Waals surface area (Å²) < 4.78 is 5.10. The molecule has 1 rings (SSSR count). The van der Waals surface area contributed by atoms with E-state index >= 15 is 0 Å². The van der Waals surface area contributed by atoms with Crippen molar-refractivity contribution in [3.63, 3.8) is 0 Å². The molecule has 2 nitrogen and oxygen atoms in total. The second-order valence-electron chi connectivity index (χ2n) is 3.83. The van der Waals surface area contributed by atoms with Gasteiger partial charge in [0, 0.05) is 17.1 Å². The van der Waals surface area contributed by atoms with Crippen LogP contribution in [0.15, 0.2) is 0 Å². The second-order valence-corrected chi connectivity index (χ2v) is 5.77. The van der Waals surface area contributed by atoms with Gasteiger partial charge in [-0.2, -0.15) is 0 Å². The highest BCUT2D eigenvalue weighted by Crippen LogP contribution is 2.38. The standard InChI is InChI=1S/C10H16Br2O2/c1-7(13)14-10-5-8(10)3-2-4-9(12)6-11/h8-10H,2-6H2,1H3/t8-,9?,10-/m1/s1. The van der Waals surface area contributed by atoms with Crippen LogP contribution in [-0.2, 0) is 9.53 Å². The Morgan fingerprint density at radius 1 is 1.64 bits per heavy atom. The van der Waals surface area contributed by atoms with E-state index in [1.165, 1.54) is 26.2 Å².